The Morgan fingerprint density at radius 2 is 1.68 bits per heavy atom. The van der Waals surface area contributed by atoms with E-state index in [9.17, 15) is 9.90 Å². The van der Waals surface area contributed by atoms with Crippen LogP contribution in [0.3, 0.4) is 0 Å². The molecule has 0 aliphatic carbocycles. The van der Waals surface area contributed by atoms with Crippen LogP contribution in [-0.4, -0.2) is 17.6 Å². The summed E-state index contributed by atoms with van der Waals surface area (Å²) in [4.78, 5) is 12.1. The van der Waals surface area contributed by atoms with Crippen molar-refractivity contribution in [3.63, 3.8) is 0 Å². The summed E-state index contributed by atoms with van der Waals surface area (Å²) < 4.78 is 5.35. The van der Waals surface area contributed by atoms with E-state index in [0.717, 1.165) is 22.5 Å². The fourth-order valence-electron chi connectivity index (χ4n) is 2.64. The highest BCUT2D eigenvalue weighted by molar-refractivity contribution is 5.78. The molecule has 128 valence electrons. The lowest BCUT2D eigenvalue weighted by atomic mass is 10.0. The molecule has 4 nitrogen and oxygen atoms in total. The number of rotatable bonds is 6. The molecule has 1 aromatic heterocycles. The van der Waals surface area contributed by atoms with Gasteiger partial charge in [-0.1, -0.05) is 54.6 Å². The quantitative estimate of drug-likeness (QED) is 0.723. The molecule has 3 aromatic rings. The third kappa shape index (κ3) is 4.58. The van der Waals surface area contributed by atoms with E-state index in [1.165, 1.54) is 0 Å². The van der Waals surface area contributed by atoms with Crippen LogP contribution in [0, 0.1) is 6.92 Å². The van der Waals surface area contributed by atoms with Gasteiger partial charge in [0.1, 0.15) is 17.6 Å². The van der Waals surface area contributed by atoms with Crippen LogP contribution >= 0.6 is 0 Å². The van der Waals surface area contributed by atoms with Crippen molar-refractivity contribution in [2.75, 3.05) is 6.54 Å². The number of aliphatic hydroxyl groups is 1. The van der Waals surface area contributed by atoms with Gasteiger partial charge in [0.25, 0.3) is 0 Å². The zero-order valence-electron chi connectivity index (χ0n) is 14.1. The van der Waals surface area contributed by atoms with Crippen molar-refractivity contribution in [2.24, 2.45) is 0 Å². The summed E-state index contributed by atoms with van der Waals surface area (Å²) >= 11 is 0. The molecule has 0 saturated carbocycles. The number of aliphatic hydroxyl groups excluding tert-OH is 1. The largest absolute Gasteiger partial charge is 0.464 e. The molecular formula is C21H21NO3. The number of benzene rings is 2. The lowest BCUT2D eigenvalue weighted by Crippen LogP contribution is -2.29. The SMILES string of the molecule is Cc1ccc(C(O)CNC(=O)Cc2ccc(-c3ccccc3)cc2)o1. The minimum Gasteiger partial charge on any atom is -0.464 e. The number of aryl methyl sites for hydroxylation is 1. The van der Waals surface area contributed by atoms with Crippen LogP contribution in [0.15, 0.2) is 71.1 Å². The summed E-state index contributed by atoms with van der Waals surface area (Å²) in [6, 6.07) is 21.5. The van der Waals surface area contributed by atoms with Crippen LogP contribution in [0.2, 0.25) is 0 Å². The lowest BCUT2D eigenvalue weighted by molar-refractivity contribution is -0.120. The lowest BCUT2D eigenvalue weighted by Gasteiger charge is -2.10. The van der Waals surface area contributed by atoms with Gasteiger partial charge in [-0.25, -0.2) is 0 Å². The molecule has 0 spiro atoms. The predicted molar refractivity (Wildman–Crippen MR) is 97.0 cm³/mol. The van der Waals surface area contributed by atoms with Crippen molar-refractivity contribution < 1.29 is 14.3 Å². The van der Waals surface area contributed by atoms with Gasteiger partial charge < -0.3 is 14.8 Å². The van der Waals surface area contributed by atoms with Crippen LogP contribution in [-0.2, 0) is 11.2 Å². The van der Waals surface area contributed by atoms with Gasteiger partial charge in [-0.3, -0.25) is 4.79 Å². The average molecular weight is 335 g/mol. The molecule has 0 aliphatic heterocycles. The Kier molecular flexibility index (Phi) is 5.31. The molecule has 4 heteroatoms. The number of amides is 1. The maximum atomic E-state index is 12.1. The number of hydrogen-bond donors (Lipinski definition) is 2. The standard InChI is InChI=1S/C21H21NO3/c1-15-7-12-20(25-15)19(23)14-22-21(24)13-16-8-10-18(11-9-16)17-5-3-2-4-6-17/h2-12,19,23H,13-14H2,1H3,(H,22,24). The predicted octanol–water partition coefficient (Wildman–Crippen LogP) is 3.65. The van der Waals surface area contributed by atoms with Gasteiger partial charge in [-0.2, -0.15) is 0 Å². The fraction of sp³-hybridized carbons (Fsp3) is 0.190. The molecule has 0 bridgehead atoms. The molecule has 3 rings (SSSR count). The van der Waals surface area contributed by atoms with Crippen LogP contribution in [0.1, 0.15) is 23.2 Å². The second-order valence-corrected chi connectivity index (χ2v) is 6.01. The molecule has 0 radical (unpaired) electrons. The first-order chi connectivity index (χ1) is 12.1. The molecule has 25 heavy (non-hydrogen) atoms. The molecule has 1 heterocycles. The van der Waals surface area contributed by atoms with Gasteiger partial charge in [-0.05, 0) is 35.7 Å². The third-order valence-corrected chi connectivity index (χ3v) is 4.01. The summed E-state index contributed by atoms with van der Waals surface area (Å²) in [5.41, 5.74) is 3.20. The monoisotopic (exact) mass is 335 g/mol. The minimum atomic E-state index is -0.835. The molecule has 1 amide bonds. The van der Waals surface area contributed by atoms with Gasteiger partial charge >= 0.3 is 0 Å². The number of furan rings is 1. The molecule has 0 saturated heterocycles. The smallest absolute Gasteiger partial charge is 0.224 e. The topological polar surface area (TPSA) is 62.5 Å². The van der Waals surface area contributed by atoms with E-state index in [4.69, 9.17) is 4.42 Å². The first kappa shape index (κ1) is 17.0. The van der Waals surface area contributed by atoms with E-state index in [0.29, 0.717) is 5.76 Å². The highest BCUT2D eigenvalue weighted by Crippen LogP contribution is 2.19. The van der Waals surface area contributed by atoms with E-state index >= 15 is 0 Å². The van der Waals surface area contributed by atoms with E-state index in [1.807, 2.05) is 49.4 Å². The highest BCUT2D eigenvalue weighted by atomic mass is 16.4. The Morgan fingerprint density at radius 1 is 1.00 bits per heavy atom. The molecule has 1 unspecified atom stereocenters. The Hall–Kier alpha value is -2.85. The Labute approximate surface area is 147 Å². The maximum Gasteiger partial charge on any atom is 0.224 e. The van der Waals surface area contributed by atoms with Gasteiger partial charge in [-0.15, -0.1) is 0 Å². The molecular weight excluding hydrogens is 314 g/mol. The zero-order valence-corrected chi connectivity index (χ0v) is 14.1. The van der Waals surface area contributed by atoms with Gasteiger partial charge in [0.2, 0.25) is 5.91 Å². The first-order valence-electron chi connectivity index (χ1n) is 8.27. The Balaban J connectivity index is 1.52. The second-order valence-electron chi connectivity index (χ2n) is 6.01. The number of hydrogen-bond acceptors (Lipinski definition) is 3. The molecule has 0 aliphatic rings. The number of nitrogens with one attached hydrogen (secondary N) is 1. The van der Waals surface area contributed by atoms with E-state index in [-0.39, 0.29) is 18.9 Å². The summed E-state index contributed by atoms with van der Waals surface area (Å²) in [5, 5.41) is 12.7. The highest BCUT2D eigenvalue weighted by Gasteiger charge is 2.13. The van der Waals surface area contributed by atoms with Gasteiger partial charge in [0.15, 0.2) is 0 Å². The van der Waals surface area contributed by atoms with Crippen LogP contribution in [0.5, 0.6) is 0 Å². The van der Waals surface area contributed by atoms with Crippen LogP contribution in [0.4, 0.5) is 0 Å². The van der Waals surface area contributed by atoms with E-state index in [1.54, 1.807) is 12.1 Å². The molecule has 1 atom stereocenters. The van der Waals surface area contributed by atoms with Crippen molar-refractivity contribution >= 4 is 5.91 Å². The van der Waals surface area contributed by atoms with Crippen molar-refractivity contribution in [3.8, 4) is 11.1 Å². The Morgan fingerprint density at radius 3 is 2.32 bits per heavy atom. The van der Waals surface area contributed by atoms with Crippen LogP contribution < -0.4 is 5.32 Å². The normalized spacial score (nSPS) is 11.9. The number of carbonyl (C=O) groups is 1. The van der Waals surface area contributed by atoms with Gasteiger partial charge in [0, 0.05) is 0 Å². The summed E-state index contributed by atoms with van der Waals surface area (Å²) in [7, 11) is 0. The minimum absolute atomic E-state index is 0.130. The third-order valence-electron chi connectivity index (χ3n) is 4.01. The fourth-order valence-corrected chi connectivity index (χ4v) is 2.64. The van der Waals surface area contributed by atoms with E-state index < -0.39 is 6.10 Å². The van der Waals surface area contributed by atoms with Crippen molar-refractivity contribution in [1.82, 2.24) is 5.32 Å². The molecule has 2 N–H and O–H groups in total. The van der Waals surface area contributed by atoms with Crippen LogP contribution in [0.25, 0.3) is 11.1 Å². The van der Waals surface area contributed by atoms with Crippen molar-refractivity contribution in [1.29, 1.82) is 0 Å². The first-order valence-corrected chi connectivity index (χ1v) is 8.27. The Bertz CT molecular complexity index is 822. The van der Waals surface area contributed by atoms with Crippen molar-refractivity contribution in [2.45, 2.75) is 19.4 Å². The second kappa shape index (κ2) is 7.81. The molecule has 2 aromatic carbocycles. The van der Waals surface area contributed by atoms with E-state index in [2.05, 4.69) is 17.4 Å². The zero-order chi connectivity index (χ0) is 17.6. The average Bonchev–Trinajstić information content (AvgIpc) is 3.08. The molecule has 0 fully saturated rings. The number of carbonyl (C=O) groups excluding carboxylic acids is 1. The summed E-state index contributed by atoms with van der Waals surface area (Å²) in [5.74, 6) is 1.07. The van der Waals surface area contributed by atoms with Crippen molar-refractivity contribution in [3.05, 3.63) is 83.8 Å². The maximum absolute atomic E-state index is 12.1. The summed E-state index contributed by atoms with van der Waals surface area (Å²) in [6.07, 6.45) is -0.558. The summed E-state index contributed by atoms with van der Waals surface area (Å²) in [6.45, 7) is 1.95. The van der Waals surface area contributed by atoms with Gasteiger partial charge in [0.05, 0.1) is 13.0 Å².